The van der Waals surface area contributed by atoms with Crippen LogP contribution in [0.25, 0.3) is 21.7 Å². The number of hydrogen-bond acceptors (Lipinski definition) is 7. The third-order valence-corrected chi connectivity index (χ3v) is 6.66. The van der Waals surface area contributed by atoms with Crippen LogP contribution in [0.2, 0.25) is 0 Å². The molecule has 0 radical (unpaired) electrons. The van der Waals surface area contributed by atoms with Crippen molar-refractivity contribution in [1.82, 2.24) is 15.3 Å². The van der Waals surface area contributed by atoms with Gasteiger partial charge in [0.05, 0.1) is 25.8 Å². The zero-order chi connectivity index (χ0) is 24.4. The van der Waals surface area contributed by atoms with E-state index >= 15 is 0 Å². The highest BCUT2D eigenvalue weighted by molar-refractivity contribution is 7.09. The van der Waals surface area contributed by atoms with E-state index in [9.17, 15) is 4.79 Å². The van der Waals surface area contributed by atoms with Gasteiger partial charge in [-0.15, -0.1) is 11.3 Å². The number of ether oxygens (including phenoxy) is 3. The van der Waals surface area contributed by atoms with E-state index < -0.39 is 0 Å². The maximum atomic E-state index is 13.0. The molecule has 0 aliphatic carbocycles. The highest BCUT2D eigenvalue weighted by Gasteiger charge is 2.16. The van der Waals surface area contributed by atoms with Crippen LogP contribution in [0.15, 0.2) is 72.4 Å². The number of amides is 1. The topological polar surface area (TPSA) is 82.6 Å². The molecule has 1 N–H and O–H groups in total. The number of thiazole rings is 1. The molecule has 0 aliphatic rings. The lowest BCUT2D eigenvalue weighted by Crippen LogP contribution is -2.26. The molecule has 3 aromatic carbocycles. The highest BCUT2D eigenvalue weighted by atomic mass is 32.1. The van der Waals surface area contributed by atoms with E-state index in [4.69, 9.17) is 14.2 Å². The summed E-state index contributed by atoms with van der Waals surface area (Å²) in [7, 11) is 3.18. The molecule has 0 aliphatic heterocycles. The van der Waals surface area contributed by atoms with Crippen molar-refractivity contribution in [3.63, 3.8) is 0 Å². The molecule has 1 unspecified atom stereocenters. The average Bonchev–Trinajstić information content (AvgIpc) is 3.43. The van der Waals surface area contributed by atoms with Gasteiger partial charge in [-0.1, -0.05) is 12.1 Å². The van der Waals surface area contributed by atoms with Crippen molar-refractivity contribution in [2.24, 2.45) is 0 Å². The molecule has 0 saturated heterocycles. The van der Waals surface area contributed by atoms with Crippen molar-refractivity contribution in [3.05, 3.63) is 82.9 Å². The Balaban J connectivity index is 1.45. The van der Waals surface area contributed by atoms with Crippen molar-refractivity contribution >= 4 is 38.9 Å². The highest BCUT2D eigenvalue weighted by Crippen LogP contribution is 2.37. The van der Waals surface area contributed by atoms with Crippen LogP contribution in [-0.2, 0) is 0 Å². The smallest absolute Gasteiger partial charge is 0.252 e. The third kappa shape index (κ3) is 4.48. The molecule has 0 saturated carbocycles. The van der Waals surface area contributed by atoms with Gasteiger partial charge in [-0.05, 0) is 54.1 Å². The quantitative estimate of drug-likeness (QED) is 0.298. The van der Waals surface area contributed by atoms with Gasteiger partial charge in [0.25, 0.3) is 5.91 Å². The molecular weight excluding hydrogens is 462 g/mol. The van der Waals surface area contributed by atoms with Crippen LogP contribution in [0.3, 0.4) is 0 Å². The summed E-state index contributed by atoms with van der Waals surface area (Å²) in [5.74, 6) is 2.34. The molecule has 0 spiro atoms. The van der Waals surface area contributed by atoms with Gasteiger partial charge in [0.1, 0.15) is 16.5 Å². The van der Waals surface area contributed by atoms with E-state index in [1.165, 1.54) is 11.3 Å². The molecule has 1 atom stereocenters. The number of benzene rings is 3. The first-order chi connectivity index (χ1) is 17.1. The Hall–Kier alpha value is -4.17. The molecular formula is C27H23N3O4S. The lowest BCUT2D eigenvalue weighted by molar-refractivity contribution is 0.0941. The first kappa shape index (κ1) is 22.6. The second-order valence-corrected chi connectivity index (χ2v) is 8.82. The number of pyridine rings is 1. The number of rotatable bonds is 7. The van der Waals surface area contributed by atoms with Crippen LogP contribution in [0, 0.1) is 0 Å². The maximum absolute atomic E-state index is 13.0. The second kappa shape index (κ2) is 9.60. The van der Waals surface area contributed by atoms with E-state index in [2.05, 4.69) is 15.3 Å². The van der Waals surface area contributed by atoms with Crippen LogP contribution in [0.1, 0.15) is 28.3 Å². The molecule has 2 heterocycles. The summed E-state index contributed by atoms with van der Waals surface area (Å²) in [6, 6.07) is 16.6. The molecule has 7 nitrogen and oxygen atoms in total. The first-order valence-electron chi connectivity index (χ1n) is 11.0. The summed E-state index contributed by atoms with van der Waals surface area (Å²) in [6.07, 6.45) is 3.43. The fraction of sp³-hybridized carbons (Fsp3) is 0.148. The fourth-order valence-corrected chi connectivity index (χ4v) is 4.62. The van der Waals surface area contributed by atoms with Crippen molar-refractivity contribution in [2.45, 2.75) is 13.0 Å². The summed E-state index contributed by atoms with van der Waals surface area (Å²) in [5, 5.41) is 8.34. The Bertz CT molecular complexity index is 1520. The molecule has 176 valence electrons. The minimum absolute atomic E-state index is 0.145. The van der Waals surface area contributed by atoms with Gasteiger partial charge in [0, 0.05) is 34.8 Å². The SMILES string of the molecule is COc1cc2nccc(Oc3ccc4c(C(=O)NC(C)c5nccs5)cccc4c3)c2cc1OC. The summed E-state index contributed by atoms with van der Waals surface area (Å²) < 4.78 is 17.1. The van der Waals surface area contributed by atoms with Gasteiger partial charge in [0.2, 0.25) is 0 Å². The summed E-state index contributed by atoms with van der Waals surface area (Å²) >= 11 is 1.52. The standard InChI is InChI=1S/C27H23N3O4S/c1-16(27-29-11-12-35-27)30-26(31)20-6-4-5-17-13-18(7-8-19(17)20)34-23-9-10-28-22-15-25(33-3)24(32-2)14-21(22)23/h4-16H,1-3H3,(H,30,31). The van der Waals surface area contributed by atoms with Gasteiger partial charge in [-0.3, -0.25) is 9.78 Å². The van der Waals surface area contributed by atoms with Crippen LogP contribution in [-0.4, -0.2) is 30.1 Å². The number of aromatic nitrogens is 2. The normalized spacial score (nSPS) is 11.9. The molecule has 1 amide bonds. The van der Waals surface area contributed by atoms with Gasteiger partial charge < -0.3 is 19.5 Å². The maximum Gasteiger partial charge on any atom is 0.252 e. The molecule has 0 bridgehead atoms. The van der Waals surface area contributed by atoms with E-state index in [0.29, 0.717) is 28.6 Å². The zero-order valence-electron chi connectivity index (χ0n) is 19.4. The monoisotopic (exact) mass is 485 g/mol. The summed E-state index contributed by atoms with van der Waals surface area (Å²) in [5.41, 5.74) is 1.33. The minimum Gasteiger partial charge on any atom is -0.493 e. The summed E-state index contributed by atoms with van der Waals surface area (Å²) in [6.45, 7) is 1.93. The number of hydrogen-bond donors (Lipinski definition) is 1. The van der Waals surface area contributed by atoms with E-state index in [-0.39, 0.29) is 11.9 Å². The Morgan fingerprint density at radius 1 is 0.914 bits per heavy atom. The van der Waals surface area contributed by atoms with Gasteiger partial charge in [0.15, 0.2) is 11.5 Å². The largest absolute Gasteiger partial charge is 0.493 e. The van der Waals surface area contributed by atoms with E-state index in [1.54, 1.807) is 26.6 Å². The van der Waals surface area contributed by atoms with Crippen LogP contribution < -0.4 is 19.5 Å². The van der Waals surface area contributed by atoms with Gasteiger partial charge >= 0.3 is 0 Å². The number of carbonyl (C=O) groups is 1. The van der Waals surface area contributed by atoms with Crippen molar-refractivity contribution in [1.29, 1.82) is 0 Å². The Morgan fingerprint density at radius 3 is 2.51 bits per heavy atom. The number of nitrogens with zero attached hydrogens (tertiary/aromatic N) is 2. The molecule has 2 aromatic heterocycles. The minimum atomic E-state index is -0.170. The fourth-order valence-electron chi connectivity index (χ4n) is 3.97. The van der Waals surface area contributed by atoms with Crippen LogP contribution in [0.5, 0.6) is 23.0 Å². The lowest BCUT2D eigenvalue weighted by atomic mass is 10.0. The Morgan fingerprint density at radius 2 is 1.74 bits per heavy atom. The van der Waals surface area contributed by atoms with Crippen molar-refractivity contribution < 1.29 is 19.0 Å². The first-order valence-corrected chi connectivity index (χ1v) is 11.9. The van der Waals surface area contributed by atoms with Crippen molar-refractivity contribution in [3.8, 4) is 23.0 Å². The Kier molecular flexibility index (Phi) is 6.20. The van der Waals surface area contributed by atoms with E-state index in [1.807, 2.05) is 66.9 Å². The summed E-state index contributed by atoms with van der Waals surface area (Å²) in [4.78, 5) is 21.7. The van der Waals surface area contributed by atoms with Gasteiger partial charge in [-0.25, -0.2) is 4.98 Å². The predicted octanol–water partition coefficient (Wildman–Crippen LogP) is 6.15. The number of methoxy groups -OCH3 is 2. The number of nitrogens with one attached hydrogen (secondary N) is 1. The molecule has 5 rings (SSSR count). The number of fused-ring (bicyclic) bond motifs is 2. The third-order valence-electron chi connectivity index (χ3n) is 5.70. The van der Waals surface area contributed by atoms with Crippen LogP contribution >= 0.6 is 11.3 Å². The predicted molar refractivity (Wildman–Crippen MR) is 137 cm³/mol. The van der Waals surface area contributed by atoms with Gasteiger partial charge in [-0.2, -0.15) is 0 Å². The average molecular weight is 486 g/mol. The van der Waals surface area contributed by atoms with Crippen molar-refractivity contribution in [2.75, 3.05) is 14.2 Å². The molecule has 5 aromatic rings. The molecule has 8 heteroatoms. The van der Waals surface area contributed by atoms with E-state index in [0.717, 1.165) is 26.7 Å². The van der Waals surface area contributed by atoms with Crippen LogP contribution in [0.4, 0.5) is 0 Å². The Labute approximate surface area is 206 Å². The molecule has 0 fully saturated rings. The molecule has 35 heavy (non-hydrogen) atoms. The second-order valence-electron chi connectivity index (χ2n) is 7.89. The lowest BCUT2D eigenvalue weighted by Gasteiger charge is -2.14. The zero-order valence-corrected chi connectivity index (χ0v) is 20.3. The number of carbonyl (C=O) groups excluding carboxylic acids is 1.